The molecule has 24 heavy (non-hydrogen) atoms. The minimum absolute atomic E-state index is 0.00714. The number of hydrogen-bond donors (Lipinski definition) is 0. The van der Waals surface area contributed by atoms with E-state index in [0.29, 0.717) is 13.2 Å². The summed E-state index contributed by atoms with van der Waals surface area (Å²) in [5.74, 6) is 0.925. The highest BCUT2D eigenvalue weighted by Gasteiger charge is 2.18. The number of rotatable bonds is 4. The molecule has 0 amide bonds. The molecule has 0 spiro atoms. The van der Waals surface area contributed by atoms with Crippen molar-refractivity contribution in [1.29, 1.82) is 0 Å². The van der Waals surface area contributed by atoms with Gasteiger partial charge in [0.25, 0.3) is 5.56 Å². The van der Waals surface area contributed by atoms with E-state index in [4.69, 9.17) is 4.74 Å². The maximum Gasteiger partial charge on any atom is 0.258 e. The monoisotopic (exact) mass is 341 g/mol. The first-order valence-electron chi connectivity index (χ1n) is 8.15. The van der Waals surface area contributed by atoms with Crippen molar-refractivity contribution in [2.45, 2.75) is 26.4 Å². The van der Waals surface area contributed by atoms with Crippen LogP contribution in [0.2, 0.25) is 0 Å². The molecule has 0 fully saturated rings. The van der Waals surface area contributed by atoms with Gasteiger partial charge in [-0.3, -0.25) is 14.1 Å². The number of fused-ring (bicyclic) bond motifs is 2. The van der Waals surface area contributed by atoms with Gasteiger partial charge in [0.15, 0.2) is 4.96 Å². The summed E-state index contributed by atoms with van der Waals surface area (Å²) >= 11 is 1.49. The van der Waals surface area contributed by atoms with E-state index in [1.807, 2.05) is 18.4 Å². The zero-order chi connectivity index (χ0) is 16.5. The molecule has 3 aromatic rings. The van der Waals surface area contributed by atoms with E-state index in [1.54, 1.807) is 16.7 Å². The van der Waals surface area contributed by atoms with Crippen LogP contribution in [0, 0.1) is 0 Å². The lowest BCUT2D eigenvalue weighted by Crippen LogP contribution is -2.31. The summed E-state index contributed by atoms with van der Waals surface area (Å²) in [4.78, 5) is 19.8. The van der Waals surface area contributed by atoms with Gasteiger partial charge < -0.3 is 4.74 Å². The summed E-state index contributed by atoms with van der Waals surface area (Å²) in [6.07, 6.45) is 2.79. The Hall–Kier alpha value is -2.18. The Balaban J connectivity index is 1.55. The maximum atomic E-state index is 12.1. The first-order chi connectivity index (χ1) is 11.7. The molecule has 0 unspecified atom stereocenters. The molecule has 4 rings (SSSR count). The molecule has 0 aliphatic carbocycles. The van der Waals surface area contributed by atoms with Crippen LogP contribution in [0.5, 0.6) is 5.75 Å². The first kappa shape index (κ1) is 15.4. The molecule has 124 valence electrons. The fourth-order valence-corrected chi connectivity index (χ4v) is 3.92. The number of ether oxygens (including phenoxy) is 1. The lowest BCUT2D eigenvalue weighted by Gasteiger charge is -2.28. The Morgan fingerprint density at radius 3 is 3.08 bits per heavy atom. The lowest BCUT2D eigenvalue weighted by molar-refractivity contribution is 0.242. The van der Waals surface area contributed by atoms with Gasteiger partial charge in [-0.1, -0.05) is 6.07 Å². The van der Waals surface area contributed by atoms with E-state index in [2.05, 4.69) is 22.0 Å². The fraction of sp³-hybridized carbons (Fsp3) is 0.333. The highest BCUT2D eigenvalue weighted by molar-refractivity contribution is 7.15. The van der Waals surface area contributed by atoms with Crippen molar-refractivity contribution >= 4 is 16.3 Å². The van der Waals surface area contributed by atoms with Crippen molar-refractivity contribution in [1.82, 2.24) is 14.3 Å². The summed E-state index contributed by atoms with van der Waals surface area (Å²) in [5.41, 5.74) is 3.52. The van der Waals surface area contributed by atoms with Crippen LogP contribution in [-0.4, -0.2) is 27.4 Å². The molecule has 2 aromatic heterocycles. The second kappa shape index (κ2) is 6.37. The van der Waals surface area contributed by atoms with Gasteiger partial charge in [0.1, 0.15) is 5.75 Å². The maximum absolute atomic E-state index is 12.1. The standard InChI is InChI=1S/C18H19N3O2S/c1-2-23-16-4-3-13-5-6-20(11-14(13)9-16)12-15-10-17(22)21-7-8-24-18(21)19-15/h3-4,7-10H,2,5-6,11-12H2,1H3. The van der Waals surface area contributed by atoms with Crippen molar-refractivity contribution in [3.63, 3.8) is 0 Å². The van der Waals surface area contributed by atoms with Crippen molar-refractivity contribution in [2.24, 2.45) is 0 Å². The number of thiazole rings is 1. The fourth-order valence-electron chi connectivity index (χ4n) is 3.18. The van der Waals surface area contributed by atoms with Crippen LogP contribution in [0.4, 0.5) is 0 Å². The largest absolute Gasteiger partial charge is 0.494 e. The third-order valence-corrected chi connectivity index (χ3v) is 5.08. The highest BCUT2D eigenvalue weighted by Crippen LogP contribution is 2.24. The number of benzene rings is 1. The predicted octanol–water partition coefficient (Wildman–Crippen LogP) is 2.71. The average Bonchev–Trinajstić information content (AvgIpc) is 3.04. The van der Waals surface area contributed by atoms with Crippen molar-refractivity contribution < 1.29 is 4.74 Å². The Bertz CT molecular complexity index is 931. The molecule has 0 bridgehead atoms. The Morgan fingerprint density at radius 2 is 2.21 bits per heavy atom. The Morgan fingerprint density at radius 1 is 1.29 bits per heavy atom. The number of hydrogen-bond acceptors (Lipinski definition) is 5. The summed E-state index contributed by atoms with van der Waals surface area (Å²) in [7, 11) is 0. The van der Waals surface area contributed by atoms with Gasteiger partial charge in [-0.05, 0) is 36.6 Å². The molecule has 6 heteroatoms. The summed E-state index contributed by atoms with van der Waals surface area (Å²) in [6, 6.07) is 7.99. The van der Waals surface area contributed by atoms with Crippen molar-refractivity contribution in [3.05, 3.63) is 63.0 Å². The minimum atomic E-state index is -0.00714. The summed E-state index contributed by atoms with van der Waals surface area (Å²) in [6.45, 7) is 5.21. The SMILES string of the molecule is CCOc1ccc2c(c1)CN(Cc1cc(=O)n3ccsc3n1)CC2. The van der Waals surface area contributed by atoms with Gasteiger partial charge in [-0.15, -0.1) is 11.3 Å². The van der Waals surface area contributed by atoms with Crippen LogP contribution >= 0.6 is 11.3 Å². The van der Waals surface area contributed by atoms with E-state index >= 15 is 0 Å². The van der Waals surface area contributed by atoms with E-state index in [0.717, 1.165) is 35.9 Å². The van der Waals surface area contributed by atoms with Crippen molar-refractivity contribution in [2.75, 3.05) is 13.2 Å². The molecule has 0 N–H and O–H groups in total. The van der Waals surface area contributed by atoms with Gasteiger partial charge in [-0.2, -0.15) is 0 Å². The molecule has 0 saturated carbocycles. The molecule has 0 radical (unpaired) electrons. The van der Waals surface area contributed by atoms with Gasteiger partial charge in [0.05, 0.1) is 12.3 Å². The second-order valence-corrected chi connectivity index (χ2v) is 6.84. The normalized spacial score (nSPS) is 14.7. The second-order valence-electron chi connectivity index (χ2n) is 5.97. The Labute approximate surface area is 144 Å². The van der Waals surface area contributed by atoms with Gasteiger partial charge in [-0.25, -0.2) is 4.98 Å². The predicted molar refractivity (Wildman–Crippen MR) is 94.8 cm³/mol. The summed E-state index contributed by atoms with van der Waals surface area (Å²) < 4.78 is 7.20. The van der Waals surface area contributed by atoms with E-state index in [9.17, 15) is 4.79 Å². The molecular weight excluding hydrogens is 322 g/mol. The van der Waals surface area contributed by atoms with Crippen LogP contribution < -0.4 is 10.3 Å². The summed E-state index contributed by atoms with van der Waals surface area (Å²) in [5, 5.41) is 1.89. The highest BCUT2D eigenvalue weighted by atomic mass is 32.1. The quantitative estimate of drug-likeness (QED) is 0.732. The van der Waals surface area contributed by atoms with Crippen molar-refractivity contribution in [3.8, 4) is 5.75 Å². The zero-order valence-electron chi connectivity index (χ0n) is 13.6. The molecule has 3 heterocycles. The molecule has 1 aliphatic heterocycles. The zero-order valence-corrected chi connectivity index (χ0v) is 14.4. The van der Waals surface area contributed by atoms with Crippen LogP contribution in [0.15, 0.2) is 40.6 Å². The van der Waals surface area contributed by atoms with E-state index in [-0.39, 0.29) is 5.56 Å². The molecule has 5 nitrogen and oxygen atoms in total. The van der Waals surface area contributed by atoms with E-state index in [1.165, 1.54) is 22.5 Å². The molecule has 1 aromatic carbocycles. The van der Waals surface area contributed by atoms with Crippen LogP contribution in [0.3, 0.4) is 0 Å². The number of aromatic nitrogens is 2. The first-order valence-corrected chi connectivity index (χ1v) is 9.03. The van der Waals surface area contributed by atoms with Gasteiger partial charge in [0.2, 0.25) is 0 Å². The third kappa shape index (κ3) is 2.95. The molecular formula is C18H19N3O2S. The van der Waals surface area contributed by atoms with E-state index < -0.39 is 0 Å². The number of nitrogens with zero attached hydrogens (tertiary/aromatic N) is 3. The smallest absolute Gasteiger partial charge is 0.258 e. The third-order valence-electron chi connectivity index (χ3n) is 4.32. The molecule has 0 atom stereocenters. The molecule has 0 saturated heterocycles. The Kier molecular flexibility index (Phi) is 4.08. The average molecular weight is 341 g/mol. The van der Waals surface area contributed by atoms with Crippen LogP contribution in [0.1, 0.15) is 23.7 Å². The van der Waals surface area contributed by atoms with Crippen LogP contribution in [0.25, 0.3) is 4.96 Å². The topological polar surface area (TPSA) is 46.8 Å². The minimum Gasteiger partial charge on any atom is -0.494 e. The van der Waals surface area contributed by atoms with Gasteiger partial charge in [0, 0.05) is 37.3 Å². The molecule has 1 aliphatic rings. The van der Waals surface area contributed by atoms with Gasteiger partial charge >= 0.3 is 0 Å². The van der Waals surface area contributed by atoms with Crippen LogP contribution in [-0.2, 0) is 19.5 Å². The lowest BCUT2D eigenvalue weighted by atomic mass is 9.99.